The second kappa shape index (κ2) is 12.9. The molecule has 0 spiro atoms. The Hall–Kier alpha value is -2.85. The summed E-state index contributed by atoms with van der Waals surface area (Å²) < 4.78 is 17.5. The molecular weight excluding hydrogens is 620 g/mol. The number of carbonyl (C=O) groups excluding carboxylic acids is 3. The van der Waals surface area contributed by atoms with E-state index in [9.17, 15) is 54.6 Å². The summed E-state index contributed by atoms with van der Waals surface area (Å²) >= 11 is 0. The molecule has 0 aromatic carbocycles. The van der Waals surface area contributed by atoms with Crippen molar-refractivity contribution in [2.45, 2.75) is 88.4 Å². The summed E-state index contributed by atoms with van der Waals surface area (Å²) in [5.74, 6) is -11.9. The van der Waals surface area contributed by atoms with E-state index >= 15 is 0 Å². The molecule has 2 saturated heterocycles. The average molecular weight is 663 g/mol. The van der Waals surface area contributed by atoms with Gasteiger partial charge in [-0.05, 0) is 50.7 Å². The molecule has 0 aromatic heterocycles. The lowest BCUT2D eigenvalue weighted by Gasteiger charge is -2.54. The number of fused-ring (bicyclic) bond motifs is 4. The van der Waals surface area contributed by atoms with E-state index in [0.29, 0.717) is 0 Å². The largest absolute Gasteiger partial charge is 0.481 e. The average Bonchev–Trinajstić information content (AvgIpc) is 2.97. The van der Waals surface area contributed by atoms with Crippen LogP contribution in [0.5, 0.6) is 0 Å². The number of aliphatic hydroxyl groups is 4. The summed E-state index contributed by atoms with van der Waals surface area (Å²) in [6.45, 7) is 3.03. The number of hydrogen-bond donors (Lipinski definition) is 6. The number of aliphatic hydroxyl groups excluding tert-OH is 4. The molecule has 6 rings (SSSR count). The second-order valence-electron chi connectivity index (χ2n) is 14.1. The van der Waals surface area contributed by atoms with Crippen molar-refractivity contribution in [2.24, 2.45) is 47.3 Å². The highest BCUT2D eigenvalue weighted by atomic mass is 16.5. The van der Waals surface area contributed by atoms with Crippen molar-refractivity contribution in [2.75, 3.05) is 13.2 Å². The van der Waals surface area contributed by atoms with Crippen LogP contribution in [-0.2, 0) is 38.2 Å². The van der Waals surface area contributed by atoms with Gasteiger partial charge in [0.25, 0.3) is 0 Å². The van der Waals surface area contributed by atoms with Gasteiger partial charge in [0.2, 0.25) is 0 Å². The Labute approximate surface area is 270 Å². The summed E-state index contributed by atoms with van der Waals surface area (Å²) in [5, 5.41) is 64.7. The van der Waals surface area contributed by atoms with Gasteiger partial charge in [-0.15, -0.1) is 0 Å². The topological polar surface area (TPSA) is 234 Å². The molecule has 4 fully saturated rings. The lowest BCUT2D eigenvalue weighted by molar-refractivity contribution is -0.214. The first kappa shape index (κ1) is 34.0. The Kier molecular flexibility index (Phi) is 9.33. The highest BCUT2D eigenvalue weighted by Gasteiger charge is 2.61. The van der Waals surface area contributed by atoms with Crippen LogP contribution in [0.3, 0.4) is 0 Å². The van der Waals surface area contributed by atoms with Gasteiger partial charge in [-0.2, -0.15) is 0 Å². The Morgan fingerprint density at radius 2 is 1.21 bits per heavy atom. The molecule has 0 bridgehead atoms. The van der Waals surface area contributed by atoms with Crippen LogP contribution in [0, 0.1) is 47.3 Å². The quantitative estimate of drug-likeness (QED) is 0.214. The van der Waals surface area contributed by atoms with Gasteiger partial charge in [-0.1, -0.05) is 0 Å². The minimum atomic E-state index is -1.44. The van der Waals surface area contributed by atoms with Gasteiger partial charge in [-0.25, -0.2) is 0 Å². The number of carboxylic acid groups (broad SMARTS) is 2. The first-order valence-corrected chi connectivity index (χ1v) is 16.3. The first-order chi connectivity index (χ1) is 22.2. The molecule has 6 aliphatic rings. The van der Waals surface area contributed by atoms with E-state index < -0.39 is 125 Å². The predicted molar refractivity (Wildman–Crippen MR) is 156 cm³/mol. The molecule has 0 amide bonds. The standard InChI is InChI=1S/C33H42O14/c1-11-23-17(5-13(46-11)7-21(35)36)28(39)19-10-45-4-3-15(29(40)25(19)32(23)43)16-9-20(34)26-27(30(16)41)33(44)24-12(2)47-14(8-22(37)38)6-18(24)31(26)42/h3,9,11-14,17-19,23-28,31-33,39,42-44H,4-8,10H2,1-2H3,(H,35,36)(H,37,38). The molecule has 16 unspecified atom stereocenters. The molecule has 3 heterocycles. The van der Waals surface area contributed by atoms with Gasteiger partial charge in [-0.3, -0.25) is 24.0 Å². The van der Waals surface area contributed by atoms with Crippen LogP contribution in [0.1, 0.15) is 39.5 Å². The van der Waals surface area contributed by atoms with Crippen LogP contribution in [0.4, 0.5) is 0 Å². The molecule has 2 saturated carbocycles. The van der Waals surface area contributed by atoms with Crippen LogP contribution in [0.2, 0.25) is 0 Å². The number of ketones is 3. The zero-order valence-electron chi connectivity index (χ0n) is 26.1. The van der Waals surface area contributed by atoms with Gasteiger partial charge < -0.3 is 44.8 Å². The van der Waals surface area contributed by atoms with Gasteiger partial charge in [0.1, 0.15) is 0 Å². The number of hydrogen-bond acceptors (Lipinski definition) is 12. The minimum Gasteiger partial charge on any atom is -0.481 e. The molecular formula is C33H42O14. The maximum Gasteiger partial charge on any atom is 0.305 e. The van der Waals surface area contributed by atoms with Crippen molar-refractivity contribution in [1.82, 2.24) is 0 Å². The van der Waals surface area contributed by atoms with Crippen molar-refractivity contribution in [1.29, 1.82) is 0 Å². The van der Waals surface area contributed by atoms with Gasteiger partial charge >= 0.3 is 11.9 Å². The molecule has 16 atom stereocenters. The molecule has 258 valence electrons. The third kappa shape index (κ3) is 5.81. The highest BCUT2D eigenvalue weighted by molar-refractivity contribution is 6.20. The summed E-state index contributed by atoms with van der Waals surface area (Å²) in [6.07, 6.45) is -6.22. The molecule has 47 heavy (non-hydrogen) atoms. The summed E-state index contributed by atoms with van der Waals surface area (Å²) in [4.78, 5) is 64.9. The van der Waals surface area contributed by atoms with Crippen molar-refractivity contribution in [3.05, 3.63) is 23.3 Å². The monoisotopic (exact) mass is 662 g/mol. The van der Waals surface area contributed by atoms with Crippen LogP contribution < -0.4 is 0 Å². The fourth-order valence-electron chi connectivity index (χ4n) is 9.70. The van der Waals surface area contributed by atoms with E-state index in [2.05, 4.69) is 0 Å². The molecule has 3 aliphatic carbocycles. The predicted octanol–water partition coefficient (Wildman–Crippen LogP) is -0.705. The summed E-state index contributed by atoms with van der Waals surface area (Å²) in [6, 6.07) is 0. The highest BCUT2D eigenvalue weighted by Crippen LogP contribution is 2.51. The van der Waals surface area contributed by atoms with E-state index in [4.69, 9.17) is 14.2 Å². The molecule has 14 heteroatoms. The first-order valence-electron chi connectivity index (χ1n) is 16.3. The van der Waals surface area contributed by atoms with Crippen LogP contribution in [-0.4, -0.2) is 122 Å². The normalized spacial score (nSPS) is 46.8. The number of ether oxygens (including phenoxy) is 3. The van der Waals surface area contributed by atoms with Crippen LogP contribution in [0.15, 0.2) is 23.3 Å². The second-order valence-corrected chi connectivity index (χ2v) is 14.1. The van der Waals surface area contributed by atoms with E-state index in [1.807, 2.05) is 0 Å². The van der Waals surface area contributed by atoms with Crippen LogP contribution >= 0.6 is 0 Å². The maximum atomic E-state index is 14.3. The molecule has 3 aliphatic heterocycles. The van der Waals surface area contributed by atoms with Crippen molar-refractivity contribution in [3.8, 4) is 0 Å². The fourth-order valence-corrected chi connectivity index (χ4v) is 9.70. The Balaban J connectivity index is 1.30. The third-order valence-corrected chi connectivity index (χ3v) is 11.6. The lowest BCUT2D eigenvalue weighted by Crippen LogP contribution is -2.64. The lowest BCUT2D eigenvalue weighted by atomic mass is 9.55. The van der Waals surface area contributed by atoms with Gasteiger partial charge in [0.15, 0.2) is 17.3 Å². The van der Waals surface area contributed by atoms with E-state index in [1.165, 1.54) is 6.08 Å². The summed E-state index contributed by atoms with van der Waals surface area (Å²) in [7, 11) is 0. The Bertz CT molecular complexity index is 1390. The van der Waals surface area contributed by atoms with E-state index in [0.717, 1.165) is 6.08 Å². The number of Topliss-reactive ketones (excluding diaryl/α,β-unsaturated/α-hetero) is 2. The zero-order chi connectivity index (χ0) is 34.1. The number of carbonyl (C=O) groups is 5. The zero-order valence-corrected chi connectivity index (χ0v) is 26.1. The van der Waals surface area contributed by atoms with Crippen LogP contribution in [0.25, 0.3) is 0 Å². The SMILES string of the molecule is CC1OC(CC(=O)O)CC2C(O)C3COCC=C(C4=CC(=O)C5C(O)C6CC(CC(=O)O)OC(C)C6C(O)C5C4=O)C(=O)C3C(O)C12. The van der Waals surface area contributed by atoms with Gasteiger partial charge in [0, 0.05) is 28.9 Å². The number of aliphatic carboxylic acids is 2. The molecule has 14 nitrogen and oxygen atoms in total. The summed E-state index contributed by atoms with van der Waals surface area (Å²) in [5.41, 5.74) is -0.464. The fraction of sp³-hybridized carbons (Fsp3) is 0.727. The Morgan fingerprint density at radius 3 is 1.77 bits per heavy atom. The number of carboxylic acids is 2. The van der Waals surface area contributed by atoms with E-state index in [-0.39, 0.29) is 50.0 Å². The minimum absolute atomic E-state index is 0.0758. The molecule has 6 N–H and O–H groups in total. The number of allylic oxidation sites excluding steroid dienone is 3. The van der Waals surface area contributed by atoms with Crippen molar-refractivity contribution in [3.63, 3.8) is 0 Å². The van der Waals surface area contributed by atoms with Crippen molar-refractivity contribution < 1.29 is 68.8 Å². The maximum absolute atomic E-state index is 14.3. The Morgan fingerprint density at radius 1 is 0.702 bits per heavy atom. The van der Waals surface area contributed by atoms with Gasteiger partial charge in [0.05, 0.1) is 92.6 Å². The molecule has 0 aromatic rings. The number of rotatable bonds is 5. The van der Waals surface area contributed by atoms with E-state index in [1.54, 1.807) is 13.8 Å². The van der Waals surface area contributed by atoms with Crippen molar-refractivity contribution >= 4 is 29.3 Å². The molecule has 0 radical (unpaired) electrons. The third-order valence-electron chi connectivity index (χ3n) is 11.6. The smallest absolute Gasteiger partial charge is 0.305 e.